The molecule has 0 saturated carbocycles. The van der Waals surface area contributed by atoms with Crippen LogP contribution < -0.4 is 5.32 Å². The van der Waals surface area contributed by atoms with E-state index in [0.29, 0.717) is 0 Å². The Morgan fingerprint density at radius 1 is 1.15 bits per heavy atom. The van der Waals surface area contributed by atoms with Crippen LogP contribution in [0.5, 0.6) is 0 Å². The Bertz CT molecular complexity index is 608. The average Bonchev–Trinajstić information content (AvgIpc) is 2.96. The molecule has 0 unspecified atom stereocenters. The zero-order valence-electron chi connectivity index (χ0n) is 11.9. The summed E-state index contributed by atoms with van der Waals surface area (Å²) in [6, 6.07) is 8.48. The molecule has 0 radical (unpaired) electrons. The van der Waals surface area contributed by atoms with Gasteiger partial charge in [0.05, 0.1) is 0 Å². The molecule has 1 aromatic carbocycles. The van der Waals surface area contributed by atoms with Gasteiger partial charge in [0.15, 0.2) is 5.82 Å². The van der Waals surface area contributed by atoms with Crippen LogP contribution in [-0.4, -0.2) is 22.8 Å². The van der Waals surface area contributed by atoms with E-state index in [1.54, 1.807) is 11.8 Å². The predicted molar refractivity (Wildman–Crippen MR) is 85.4 cm³/mol. The summed E-state index contributed by atoms with van der Waals surface area (Å²) < 4.78 is 0. The highest BCUT2D eigenvalue weighted by Crippen LogP contribution is 2.29. The minimum absolute atomic E-state index is 0.842. The SMILES string of the molecule is CCNc1nc(-c2ccc(SC)cc2)nc2c1CCC2. The Labute approximate surface area is 124 Å². The first-order valence-electron chi connectivity index (χ1n) is 7.10. The van der Waals surface area contributed by atoms with Crippen LogP contribution in [0.2, 0.25) is 0 Å². The Balaban J connectivity index is 2.02. The molecule has 4 heteroatoms. The van der Waals surface area contributed by atoms with Crippen LogP contribution >= 0.6 is 11.8 Å². The molecule has 1 aliphatic rings. The van der Waals surface area contributed by atoms with Crippen molar-refractivity contribution >= 4 is 17.6 Å². The molecule has 1 N–H and O–H groups in total. The molecule has 104 valence electrons. The summed E-state index contributed by atoms with van der Waals surface area (Å²) in [5.41, 5.74) is 3.63. The Morgan fingerprint density at radius 3 is 2.65 bits per heavy atom. The van der Waals surface area contributed by atoms with Gasteiger partial charge in [-0.2, -0.15) is 0 Å². The molecular weight excluding hydrogens is 266 g/mol. The minimum Gasteiger partial charge on any atom is -0.370 e. The lowest BCUT2D eigenvalue weighted by molar-refractivity contribution is 0.900. The Morgan fingerprint density at radius 2 is 1.95 bits per heavy atom. The molecule has 0 fully saturated rings. The minimum atomic E-state index is 0.842. The molecule has 3 nitrogen and oxygen atoms in total. The molecule has 0 saturated heterocycles. The molecule has 20 heavy (non-hydrogen) atoms. The van der Waals surface area contributed by atoms with Crippen molar-refractivity contribution in [2.75, 3.05) is 18.1 Å². The second-order valence-corrected chi connectivity index (χ2v) is 5.81. The highest BCUT2D eigenvalue weighted by Gasteiger charge is 2.19. The number of nitrogens with one attached hydrogen (secondary N) is 1. The molecule has 0 bridgehead atoms. The number of fused-ring (bicyclic) bond motifs is 1. The van der Waals surface area contributed by atoms with Crippen LogP contribution in [0.3, 0.4) is 0 Å². The van der Waals surface area contributed by atoms with E-state index < -0.39 is 0 Å². The lowest BCUT2D eigenvalue weighted by Crippen LogP contribution is -2.06. The van der Waals surface area contributed by atoms with Crippen LogP contribution in [0.25, 0.3) is 11.4 Å². The summed E-state index contributed by atoms with van der Waals surface area (Å²) in [7, 11) is 0. The van der Waals surface area contributed by atoms with Crippen molar-refractivity contribution in [1.82, 2.24) is 9.97 Å². The number of hydrogen-bond donors (Lipinski definition) is 1. The van der Waals surface area contributed by atoms with Crippen LogP contribution in [0.1, 0.15) is 24.6 Å². The summed E-state index contributed by atoms with van der Waals surface area (Å²) in [4.78, 5) is 10.8. The predicted octanol–water partition coefficient (Wildman–Crippen LogP) is 3.79. The van der Waals surface area contributed by atoms with Crippen LogP contribution in [0.4, 0.5) is 5.82 Å². The van der Waals surface area contributed by atoms with Gasteiger partial charge in [0.1, 0.15) is 5.82 Å². The summed E-state index contributed by atoms with van der Waals surface area (Å²) in [5, 5.41) is 3.39. The molecule has 0 spiro atoms. The maximum absolute atomic E-state index is 4.76. The second kappa shape index (κ2) is 5.83. The lowest BCUT2D eigenvalue weighted by Gasteiger charge is -2.11. The summed E-state index contributed by atoms with van der Waals surface area (Å²) >= 11 is 1.75. The van der Waals surface area contributed by atoms with Crippen molar-refractivity contribution in [2.45, 2.75) is 31.1 Å². The maximum Gasteiger partial charge on any atom is 0.161 e. The van der Waals surface area contributed by atoms with Crippen molar-refractivity contribution in [3.05, 3.63) is 35.5 Å². The van der Waals surface area contributed by atoms with Crippen molar-refractivity contribution < 1.29 is 0 Å². The van der Waals surface area contributed by atoms with Gasteiger partial charge in [-0.25, -0.2) is 9.97 Å². The topological polar surface area (TPSA) is 37.8 Å². The average molecular weight is 285 g/mol. The number of thioether (sulfide) groups is 1. The monoisotopic (exact) mass is 285 g/mol. The van der Waals surface area contributed by atoms with Crippen molar-refractivity contribution in [1.29, 1.82) is 0 Å². The number of aromatic nitrogens is 2. The molecular formula is C16H19N3S. The zero-order chi connectivity index (χ0) is 13.9. The van der Waals surface area contributed by atoms with Gasteiger partial charge in [-0.05, 0) is 44.6 Å². The van der Waals surface area contributed by atoms with Crippen LogP contribution in [-0.2, 0) is 12.8 Å². The largest absolute Gasteiger partial charge is 0.370 e. The first-order chi connectivity index (χ1) is 9.81. The number of hydrogen-bond acceptors (Lipinski definition) is 4. The van der Waals surface area contributed by atoms with Crippen molar-refractivity contribution in [3.8, 4) is 11.4 Å². The fraction of sp³-hybridized carbons (Fsp3) is 0.375. The Hall–Kier alpha value is -1.55. The summed E-state index contributed by atoms with van der Waals surface area (Å²) in [6.07, 6.45) is 5.46. The van der Waals surface area contributed by atoms with Crippen LogP contribution in [0.15, 0.2) is 29.2 Å². The number of benzene rings is 1. The first kappa shape index (κ1) is 13.4. The van der Waals surface area contributed by atoms with E-state index >= 15 is 0 Å². The standard InChI is InChI=1S/C16H19N3S/c1-3-17-16-13-5-4-6-14(13)18-15(19-16)11-7-9-12(20-2)10-8-11/h7-10H,3-6H2,1-2H3,(H,17,18,19). The number of rotatable bonds is 4. The summed E-state index contributed by atoms with van der Waals surface area (Å²) in [5.74, 6) is 1.87. The van der Waals surface area contributed by atoms with E-state index in [0.717, 1.165) is 36.6 Å². The second-order valence-electron chi connectivity index (χ2n) is 4.93. The smallest absolute Gasteiger partial charge is 0.161 e. The van der Waals surface area contributed by atoms with Gasteiger partial charge in [0.2, 0.25) is 0 Å². The molecule has 1 aromatic heterocycles. The third kappa shape index (κ3) is 2.52. The Kier molecular flexibility index (Phi) is 3.92. The number of aryl methyl sites for hydroxylation is 1. The van der Waals surface area contributed by atoms with E-state index in [1.807, 2.05) is 0 Å². The van der Waals surface area contributed by atoms with E-state index in [1.165, 1.54) is 22.6 Å². The highest BCUT2D eigenvalue weighted by atomic mass is 32.2. The third-order valence-corrected chi connectivity index (χ3v) is 4.37. The van der Waals surface area contributed by atoms with E-state index in [9.17, 15) is 0 Å². The van der Waals surface area contributed by atoms with Crippen molar-refractivity contribution in [3.63, 3.8) is 0 Å². The fourth-order valence-electron chi connectivity index (χ4n) is 2.62. The van der Waals surface area contributed by atoms with E-state index in [2.05, 4.69) is 42.8 Å². The molecule has 0 atom stereocenters. The van der Waals surface area contributed by atoms with Gasteiger partial charge in [0.25, 0.3) is 0 Å². The lowest BCUT2D eigenvalue weighted by atomic mass is 10.2. The van der Waals surface area contributed by atoms with Gasteiger partial charge in [-0.1, -0.05) is 12.1 Å². The molecule has 0 aliphatic heterocycles. The van der Waals surface area contributed by atoms with Gasteiger partial charge in [0, 0.05) is 28.3 Å². The molecule has 1 heterocycles. The third-order valence-electron chi connectivity index (χ3n) is 3.63. The quantitative estimate of drug-likeness (QED) is 0.867. The molecule has 1 aliphatic carbocycles. The molecule has 2 aromatic rings. The normalized spacial score (nSPS) is 13.3. The fourth-order valence-corrected chi connectivity index (χ4v) is 3.02. The number of nitrogens with zero attached hydrogens (tertiary/aromatic N) is 2. The van der Waals surface area contributed by atoms with E-state index in [-0.39, 0.29) is 0 Å². The maximum atomic E-state index is 4.76. The van der Waals surface area contributed by atoms with Gasteiger partial charge in [-0.3, -0.25) is 0 Å². The van der Waals surface area contributed by atoms with Gasteiger partial charge >= 0.3 is 0 Å². The van der Waals surface area contributed by atoms with Crippen molar-refractivity contribution in [2.24, 2.45) is 0 Å². The van der Waals surface area contributed by atoms with Crippen LogP contribution in [0, 0.1) is 0 Å². The zero-order valence-corrected chi connectivity index (χ0v) is 12.8. The van der Waals surface area contributed by atoms with Gasteiger partial charge in [-0.15, -0.1) is 11.8 Å². The summed E-state index contributed by atoms with van der Waals surface area (Å²) in [6.45, 7) is 3.00. The first-order valence-corrected chi connectivity index (χ1v) is 8.32. The highest BCUT2D eigenvalue weighted by molar-refractivity contribution is 7.98. The molecule has 3 rings (SSSR count). The molecule has 0 amide bonds. The van der Waals surface area contributed by atoms with E-state index in [4.69, 9.17) is 9.97 Å². The number of anilines is 1. The van der Waals surface area contributed by atoms with Gasteiger partial charge < -0.3 is 5.32 Å².